The molecule has 0 unspecified atom stereocenters. The number of nitrogens with zero attached hydrogens (tertiary/aromatic N) is 2. The molecule has 8 heteroatoms. The number of rotatable bonds is 4. The van der Waals surface area contributed by atoms with E-state index in [0.29, 0.717) is 11.1 Å². The Bertz CT molecular complexity index is 1180. The first-order valence-electron chi connectivity index (χ1n) is 8.73. The van der Waals surface area contributed by atoms with E-state index in [1.165, 1.54) is 19.2 Å². The Kier molecular flexibility index (Phi) is 4.52. The summed E-state index contributed by atoms with van der Waals surface area (Å²) >= 11 is 0. The van der Waals surface area contributed by atoms with Crippen LogP contribution in [-0.2, 0) is 11.3 Å². The molecule has 0 atom stereocenters. The molecule has 1 aliphatic rings. The molecule has 0 spiro atoms. The molecule has 0 radical (unpaired) electrons. The number of carbonyl (C=O) groups is 3. The van der Waals surface area contributed by atoms with E-state index in [0.717, 1.165) is 10.5 Å². The fourth-order valence-corrected chi connectivity index (χ4v) is 3.20. The van der Waals surface area contributed by atoms with Crippen molar-refractivity contribution >= 4 is 17.8 Å². The number of ether oxygens (including phenoxy) is 1. The lowest BCUT2D eigenvalue weighted by Crippen LogP contribution is -2.29. The minimum atomic E-state index is -0.737. The van der Waals surface area contributed by atoms with Crippen molar-refractivity contribution in [3.05, 3.63) is 87.5 Å². The lowest BCUT2D eigenvalue weighted by molar-refractivity contribution is 0.0597. The van der Waals surface area contributed by atoms with Crippen LogP contribution in [0.25, 0.3) is 11.3 Å². The zero-order valence-corrected chi connectivity index (χ0v) is 15.3. The number of imide groups is 1. The van der Waals surface area contributed by atoms with E-state index in [2.05, 4.69) is 14.7 Å². The number of amides is 2. The van der Waals surface area contributed by atoms with Crippen molar-refractivity contribution in [1.29, 1.82) is 0 Å². The maximum atomic E-state index is 13.0. The van der Waals surface area contributed by atoms with Crippen LogP contribution in [0.5, 0.6) is 0 Å². The number of aromatic nitrogens is 2. The molecule has 0 bridgehead atoms. The first-order chi connectivity index (χ1) is 14.0. The van der Waals surface area contributed by atoms with Crippen LogP contribution >= 0.6 is 0 Å². The van der Waals surface area contributed by atoms with Gasteiger partial charge >= 0.3 is 11.7 Å². The smallest absolute Gasteiger partial charge is 0.346 e. The van der Waals surface area contributed by atoms with Gasteiger partial charge in [0.25, 0.3) is 11.8 Å². The first-order valence-corrected chi connectivity index (χ1v) is 8.73. The minimum absolute atomic E-state index is 0.0383. The molecule has 1 N–H and O–H groups in total. The van der Waals surface area contributed by atoms with Gasteiger partial charge in [-0.2, -0.15) is 4.98 Å². The molecule has 8 nitrogen and oxygen atoms in total. The quantitative estimate of drug-likeness (QED) is 0.540. The molecule has 3 aromatic rings. The minimum Gasteiger partial charge on any atom is -0.465 e. The molecule has 0 saturated carbocycles. The molecular formula is C21H15N3O5. The number of esters is 1. The fourth-order valence-electron chi connectivity index (χ4n) is 3.20. The van der Waals surface area contributed by atoms with E-state index < -0.39 is 23.5 Å². The van der Waals surface area contributed by atoms with E-state index in [4.69, 9.17) is 0 Å². The van der Waals surface area contributed by atoms with E-state index in [-0.39, 0.29) is 23.5 Å². The van der Waals surface area contributed by atoms with Crippen molar-refractivity contribution in [2.24, 2.45) is 0 Å². The lowest BCUT2D eigenvalue weighted by atomic mass is 10.0. The Morgan fingerprint density at radius 3 is 2.34 bits per heavy atom. The van der Waals surface area contributed by atoms with Gasteiger partial charge < -0.3 is 9.72 Å². The highest BCUT2D eigenvalue weighted by molar-refractivity contribution is 6.22. The van der Waals surface area contributed by atoms with Crippen molar-refractivity contribution in [1.82, 2.24) is 14.9 Å². The average Bonchev–Trinajstić information content (AvgIpc) is 2.98. The van der Waals surface area contributed by atoms with E-state index in [1.807, 2.05) is 18.2 Å². The van der Waals surface area contributed by atoms with Gasteiger partial charge in [0.1, 0.15) is 5.69 Å². The average molecular weight is 389 g/mol. The molecule has 0 saturated heterocycles. The van der Waals surface area contributed by atoms with E-state index in [1.54, 1.807) is 24.3 Å². The number of aromatic amines is 1. The maximum Gasteiger partial charge on any atom is 0.346 e. The Morgan fingerprint density at radius 1 is 1.00 bits per heavy atom. The summed E-state index contributed by atoms with van der Waals surface area (Å²) in [5, 5.41) is 0. The number of fused-ring (bicyclic) bond motifs is 1. The Balaban J connectivity index is 1.76. The number of hydrogen-bond acceptors (Lipinski definition) is 6. The molecule has 2 amide bonds. The largest absolute Gasteiger partial charge is 0.465 e. The molecule has 29 heavy (non-hydrogen) atoms. The van der Waals surface area contributed by atoms with Crippen LogP contribution in [0.1, 0.15) is 36.8 Å². The SMILES string of the molecule is COC(=O)c1ccc(-c2nc(=O)[nH]c3c2C(=O)N(Cc2ccccc2)C3=O)cc1. The van der Waals surface area contributed by atoms with Crippen LogP contribution in [0.15, 0.2) is 59.4 Å². The third kappa shape index (κ3) is 3.20. The second-order valence-corrected chi connectivity index (χ2v) is 6.39. The van der Waals surface area contributed by atoms with Crippen molar-refractivity contribution in [2.45, 2.75) is 6.54 Å². The number of carbonyl (C=O) groups excluding carboxylic acids is 3. The van der Waals surface area contributed by atoms with Crippen LogP contribution in [0.2, 0.25) is 0 Å². The van der Waals surface area contributed by atoms with Gasteiger partial charge in [-0.25, -0.2) is 9.59 Å². The Labute approximate surface area is 164 Å². The summed E-state index contributed by atoms with van der Waals surface area (Å²) in [6.07, 6.45) is 0. The second-order valence-electron chi connectivity index (χ2n) is 6.39. The summed E-state index contributed by atoms with van der Waals surface area (Å²) in [7, 11) is 1.27. The predicted octanol–water partition coefficient (Wildman–Crippen LogP) is 2.02. The van der Waals surface area contributed by atoms with Gasteiger partial charge in [-0.15, -0.1) is 0 Å². The van der Waals surface area contributed by atoms with Crippen LogP contribution in [-0.4, -0.2) is 39.8 Å². The van der Waals surface area contributed by atoms with Gasteiger partial charge in [-0.05, 0) is 17.7 Å². The van der Waals surface area contributed by atoms with Gasteiger partial charge in [0.2, 0.25) is 0 Å². The summed E-state index contributed by atoms with van der Waals surface area (Å²) in [5.74, 6) is -1.63. The van der Waals surface area contributed by atoms with Crippen molar-refractivity contribution in [3.63, 3.8) is 0 Å². The monoisotopic (exact) mass is 389 g/mol. The number of nitrogens with one attached hydrogen (secondary N) is 1. The molecule has 1 aromatic heterocycles. The third-order valence-electron chi connectivity index (χ3n) is 4.61. The van der Waals surface area contributed by atoms with Gasteiger partial charge in [-0.3, -0.25) is 14.5 Å². The van der Waals surface area contributed by atoms with Gasteiger partial charge in [0, 0.05) is 5.56 Å². The zero-order valence-electron chi connectivity index (χ0n) is 15.3. The molecule has 1 aliphatic heterocycles. The van der Waals surface area contributed by atoms with Gasteiger partial charge in [0.05, 0.1) is 30.5 Å². The first kappa shape index (κ1) is 18.3. The zero-order chi connectivity index (χ0) is 20.5. The highest BCUT2D eigenvalue weighted by Gasteiger charge is 2.39. The van der Waals surface area contributed by atoms with Crippen molar-refractivity contribution in [2.75, 3.05) is 7.11 Å². The van der Waals surface area contributed by atoms with Crippen LogP contribution in [0.3, 0.4) is 0 Å². The standard InChI is InChI=1S/C21H15N3O5/c1-29-20(27)14-9-7-13(8-10-14)16-15-17(23-21(28)22-16)19(26)24(18(15)25)11-12-5-3-2-4-6-12/h2-10H,11H2,1H3,(H,22,23,28). The molecule has 2 heterocycles. The molecule has 4 rings (SSSR count). The van der Waals surface area contributed by atoms with E-state index >= 15 is 0 Å². The predicted molar refractivity (Wildman–Crippen MR) is 102 cm³/mol. The van der Waals surface area contributed by atoms with Gasteiger partial charge in [0.15, 0.2) is 0 Å². The van der Waals surface area contributed by atoms with E-state index in [9.17, 15) is 19.2 Å². The highest BCUT2D eigenvalue weighted by Crippen LogP contribution is 2.30. The summed E-state index contributed by atoms with van der Waals surface area (Å²) < 4.78 is 4.66. The molecular weight excluding hydrogens is 374 g/mol. The molecule has 0 fully saturated rings. The molecule has 2 aromatic carbocycles. The van der Waals surface area contributed by atoms with Crippen molar-refractivity contribution in [3.8, 4) is 11.3 Å². The summed E-state index contributed by atoms with van der Waals surface area (Å²) in [6, 6.07) is 15.2. The summed E-state index contributed by atoms with van der Waals surface area (Å²) in [5.41, 5.74) is 0.830. The fraction of sp³-hybridized carbons (Fsp3) is 0.0952. The number of hydrogen-bond donors (Lipinski definition) is 1. The Hall–Kier alpha value is -4.07. The lowest BCUT2D eigenvalue weighted by Gasteiger charge is -2.13. The highest BCUT2D eigenvalue weighted by atomic mass is 16.5. The summed E-state index contributed by atoms with van der Waals surface area (Å²) in [6.45, 7) is 0.0793. The number of H-pyrrole nitrogens is 1. The number of methoxy groups -OCH3 is 1. The maximum absolute atomic E-state index is 13.0. The number of benzene rings is 2. The van der Waals surface area contributed by atoms with Gasteiger partial charge in [-0.1, -0.05) is 42.5 Å². The molecule has 144 valence electrons. The summed E-state index contributed by atoms with van der Waals surface area (Å²) in [4.78, 5) is 56.8. The third-order valence-corrected chi connectivity index (χ3v) is 4.61. The topological polar surface area (TPSA) is 109 Å². The second kappa shape index (κ2) is 7.16. The molecule has 0 aliphatic carbocycles. The Morgan fingerprint density at radius 2 is 1.69 bits per heavy atom. The van der Waals surface area contributed by atoms with Crippen LogP contribution in [0.4, 0.5) is 0 Å². The van der Waals surface area contributed by atoms with Crippen LogP contribution in [0, 0.1) is 0 Å². The normalized spacial score (nSPS) is 12.8. The van der Waals surface area contributed by atoms with Crippen molar-refractivity contribution < 1.29 is 19.1 Å². The van der Waals surface area contributed by atoms with Crippen LogP contribution < -0.4 is 5.69 Å².